The Hall–Kier alpha value is -1.04. The number of β-amino-alcohol motifs (C(OH)–C–C–N with tert-alkyl or cyclic N) is 1. The third-order valence-corrected chi connectivity index (χ3v) is 4.78. The summed E-state index contributed by atoms with van der Waals surface area (Å²) in [4.78, 5) is 2.05. The monoisotopic (exact) mass is 341 g/mol. The lowest BCUT2D eigenvalue weighted by atomic mass is 10.1. The summed E-state index contributed by atoms with van der Waals surface area (Å²) in [6, 6.07) is 9.17. The van der Waals surface area contributed by atoms with Crippen molar-refractivity contribution in [2.45, 2.75) is 18.6 Å². The molecule has 4 nitrogen and oxygen atoms in total. The summed E-state index contributed by atoms with van der Waals surface area (Å²) in [5, 5.41) is 20.2. The zero-order valence-corrected chi connectivity index (χ0v) is 13.4. The second kappa shape index (κ2) is 6.22. The van der Waals surface area contributed by atoms with Crippen molar-refractivity contribution in [3.63, 3.8) is 0 Å². The lowest BCUT2D eigenvalue weighted by Crippen LogP contribution is -2.36. The van der Waals surface area contributed by atoms with E-state index in [1.54, 1.807) is 6.07 Å². The highest BCUT2D eigenvalue weighted by molar-refractivity contribution is 6.43. The van der Waals surface area contributed by atoms with Crippen molar-refractivity contribution >= 4 is 23.2 Å². The van der Waals surface area contributed by atoms with Gasteiger partial charge in [0, 0.05) is 18.7 Å². The highest BCUT2D eigenvalue weighted by Crippen LogP contribution is 2.34. The molecule has 0 spiro atoms. The van der Waals surface area contributed by atoms with Gasteiger partial charge >= 0.3 is 0 Å². The SMILES string of the molecule is OC[C@@]1(O)CCN(Cc2ccc(-c3cccc(Cl)c3Cl)o2)C1. The van der Waals surface area contributed by atoms with Crippen molar-refractivity contribution in [3.05, 3.63) is 46.1 Å². The van der Waals surface area contributed by atoms with Crippen LogP contribution in [0, 0.1) is 0 Å². The first-order chi connectivity index (χ1) is 10.5. The maximum absolute atomic E-state index is 10.0. The molecule has 0 saturated carbocycles. The molecular weight excluding hydrogens is 325 g/mol. The predicted octanol–water partition coefficient (Wildman–Crippen LogP) is 3.18. The fraction of sp³-hybridized carbons (Fsp3) is 0.375. The molecule has 0 bridgehead atoms. The maximum Gasteiger partial charge on any atom is 0.135 e. The normalized spacial score (nSPS) is 22.4. The van der Waals surface area contributed by atoms with Gasteiger partial charge in [0.1, 0.15) is 17.1 Å². The molecule has 2 aromatic rings. The van der Waals surface area contributed by atoms with Crippen molar-refractivity contribution < 1.29 is 14.6 Å². The van der Waals surface area contributed by atoms with Gasteiger partial charge in [0.2, 0.25) is 0 Å². The number of aliphatic hydroxyl groups is 2. The number of benzene rings is 1. The Morgan fingerprint density at radius 2 is 2.05 bits per heavy atom. The molecule has 1 aliphatic heterocycles. The van der Waals surface area contributed by atoms with Gasteiger partial charge in [-0.1, -0.05) is 29.3 Å². The van der Waals surface area contributed by atoms with Crippen LogP contribution in [0.2, 0.25) is 10.0 Å². The van der Waals surface area contributed by atoms with Crippen LogP contribution in [0.15, 0.2) is 34.7 Å². The summed E-state index contributed by atoms with van der Waals surface area (Å²) in [6.45, 7) is 1.54. The molecule has 6 heteroatoms. The molecule has 1 atom stereocenters. The first-order valence-corrected chi connectivity index (χ1v) is 7.85. The molecule has 1 saturated heterocycles. The zero-order chi connectivity index (χ0) is 15.7. The van der Waals surface area contributed by atoms with Crippen LogP contribution in [0.3, 0.4) is 0 Å². The number of hydrogen-bond donors (Lipinski definition) is 2. The first kappa shape index (κ1) is 15.8. The molecule has 0 aliphatic carbocycles. The second-order valence-electron chi connectivity index (χ2n) is 5.71. The van der Waals surface area contributed by atoms with E-state index in [4.69, 9.17) is 27.6 Å². The van der Waals surface area contributed by atoms with Gasteiger partial charge in [-0.15, -0.1) is 0 Å². The summed E-state index contributed by atoms with van der Waals surface area (Å²) in [5.74, 6) is 1.45. The van der Waals surface area contributed by atoms with E-state index in [2.05, 4.69) is 4.90 Å². The van der Waals surface area contributed by atoms with Crippen LogP contribution in [0.25, 0.3) is 11.3 Å². The van der Waals surface area contributed by atoms with Gasteiger partial charge < -0.3 is 14.6 Å². The van der Waals surface area contributed by atoms with Crippen LogP contribution < -0.4 is 0 Å². The topological polar surface area (TPSA) is 56.8 Å². The number of hydrogen-bond acceptors (Lipinski definition) is 4. The average Bonchev–Trinajstić information content (AvgIpc) is 3.10. The molecule has 0 amide bonds. The summed E-state index contributed by atoms with van der Waals surface area (Å²) in [7, 11) is 0. The quantitative estimate of drug-likeness (QED) is 0.896. The van der Waals surface area contributed by atoms with E-state index in [9.17, 15) is 10.2 Å². The summed E-state index contributed by atoms with van der Waals surface area (Å²) < 4.78 is 5.84. The smallest absolute Gasteiger partial charge is 0.135 e. The largest absolute Gasteiger partial charge is 0.460 e. The molecule has 3 rings (SSSR count). The van der Waals surface area contributed by atoms with Crippen LogP contribution >= 0.6 is 23.2 Å². The number of nitrogens with zero attached hydrogens (tertiary/aromatic N) is 1. The van der Waals surface area contributed by atoms with Crippen LogP contribution in [-0.2, 0) is 6.54 Å². The second-order valence-corrected chi connectivity index (χ2v) is 6.50. The minimum atomic E-state index is -0.994. The van der Waals surface area contributed by atoms with Gasteiger partial charge in [-0.25, -0.2) is 0 Å². The number of likely N-dealkylation sites (tertiary alicyclic amines) is 1. The molecule has 2 N–H and O–H groups in total. The summed E-state index contributed by atoms with van der Waals surface area (Å²) in [6.07, 6.45) is 0.567. The Labute approximate surface area is 138 Å². The minimum Gasteiger partial charge on any atom is -0.460 e. The van der Waals surface area contributed by atoms with Crippen LogP contribution in [-0.4, -0.2) is 40.4 Å². The van der Waals surface area contributed by atoms with Crippen molar-refractivity contribution in [1.82, 2.24) is 4.90 Å². The average molecular weight is 342 g/mol. The molecule has 1 aromatic carbocycles. The molecule has 22 heavy (non-hydrogen) atoms. The third kappa shape index (κ3) is 3.16. The molecular formula is C16H17Cl2NO3. The zero-order valence-electron chi connectivity index (χ0n) is 11.9. The van der Waals surface area contributed by atoms with E-state index >= 15 is 0 Å². The third-order valence-electron chi connectivity index (χ3n) is 3.96. The molecule has 1 fully saturated rings. The van der Waals surface area contributed by atoms with Gasteiger partial charge in [-0.05, 0) is 30.7 Å². The lowest BCUT2D eigenvalue weighted by molar-refractivity contribution is -0.00616. The molecule has 2 heterocycles. The Morgan fingerprint density at radius 1 is 1.23 bits per heavy atom. The van der Waals surface area contributed by atoms with Crippen LogP contribution in [0.1, 0.15) is 12.2 Å². The summed E-state index contributed by atoms with van der Waals surface area (Å²) >= 11 is 12.2. The van der Waals surface area contributed by atoms with E-state index in [0.29, 0.717) is 35.3 Å². The van der Waals surface area contributed by atoms with Gasteiger partial charge in [0.05, 0.1) is 23.2 Å². The number of rotatable bonds is 4. The fourth-order valence-corrected chi connectivity index (χ4v) is 3.12. The van der Waals surface area contributed by atoms with Crippen molar-refractivity contribution in [3.8, 4) is 11.3 Å². The molecule has 1 aromatic heterocycles. The standard InChI is InChI=1S/C16H17Cl2NO3/c17-13-3-1-2-12(15(13)18)14-5-4-11(22-14)8-19-7-6-16(21,9-19)10-20/h1-5,20-21H,6-10H2/t16-/m1/s1. The van der Waals surface area contributed by atoms with Crippen molar-refractivity contribution in [2.75, 3.05) is 19.7 Å². The highest BCUT2D eigenvalue weighted by Gasteiger charge is 2.35. The van der Waals surface area contributed by atoms with E-state index in [0.717, 1.165) is 17.9 Å². The van der Waals surface area contributed by atoms with Crippen LogP contribution in [0.5, 0.6) is 0 Å². The van der Waals surface area contributed by atoms with Crippen molar-refractivity contribution in [2.24, 2.45) is 0 Å². The van der Waals surface area contributed by atoms with E-state index in [1.807, 2.05) is 24.3 Å². The van der Waals surface area contributed by atoms with Gasteiger partial charge in [-0.2, -0.15) is 0 Å². The molecule has 0 unspecified atom stereocenters. The van der Waals surface area contributed by atoms with Crippen LogP contribution in [0.4, 0.5) is 0 Å². The first-order valence-electron chi connectivity index (χ1n) is 7.09. The number of furan rings is 1. The predicted molar refractivity (Wildman–Crippen MR) is 86.1 cm³/mol. The Bertz CT molecular complexity index is 673. The Morgan fingerprint density at radius 3 is 2.77 bits per heavy atom. The summed E-state index contributed by atoms with van der Waals surface area (Å²) in [5.41, 5.74) is -0.236. The molecule has 0 radical (unpaired) electrons. The van der Waals surface area contributed by atoms with Gasteiger partial charge in [0.25, 0.3) is 0 Å². The minimum absolute atomic E-state index is 0.217. The Balaban J connectivity index is 1.74. The number of aliphatic hydroxyl groups excluding tert-OH is 1. The molecule has 1 aliphatic rings. The number of halogens is 2. The van der Waals surface area contributed by atoms with E-state index < -0.39 is 5.60 Å². The lowest BCUT2D eigenvalue weighted by Gasteiger charge is -2.20. The highest BCUT2D eigenvalue weighted by atomic mass is 35.5. The Kier molecular flexibility index (Phi) is 4.48. The van der Waals surface area contributed by atoms with E-state index in [-0.39, 0.29) is 6.61 Å². The van der Waals surface area contributed by atoms with Gasteiger partial charge in [-0.3, -0.25) is 4.90 Å². The van der Waals surface area contributed by atoms with Crippen molar-refractivity contribution in [1.29, 1.82) is 0 Å². The fourth-order valence-electron chi connectivity index (χ4n) is 2.73. The van der Waals surface area contributed by atoms with Gasteiger partial charge in [0.15, 0.2) is 0 Å². The maximum atomic E-state index is 10.0. The molecule has 118 valence electrons. The van der Waals surface area contributed by atoms with E-state index in [1.165, 1.54) is 0 Å².